The van der Waals surface area contributed by atoms with Crippen LogP contribution >= 0.6 is 15.9 Å². The predicted octanol–water partition coefficient (Wildman–Crippen LogP) is 1.99. The van der Waals surface area contributed by atoms with Gasteiger partial charge in [-0.1, -0.05) is 15.9 Å². The molecule has 1 heterocycles. The molecule has 0 aliphatic carbocycles. The second-order valence-electron chi connectivity index (χ2n) is 4.22. The van der Waals surface area contributed by atoms with Gasteiger partial charge in [0.05, 0.1) is 18.2 Å². The van der Waals surface area contributed by atoms with Crippen molar-refractivity contribution in [2.45, 2.75) is 19.4 Å². The van der Waals surface area contributed by atoms with Crippen LogP contribution in [0.5, 0.6) is 0 Å². The zero-order valence-electron chi connectivity index (χ0n) is 11.1. The van der Waals surface area contributed by atoms with Crippen molar-refractivity contribution in [2.24, 2.45) is 0 Å². The Morgan fingerprint density at radius 1 is 1.55 bits per heavy atom. The van der Waals surface area contributed by atoms with Crippen LogP contribution in [0, 0.1) is 0 Å². The number of rotatable bonds is 5. The number of methoxy groups -OCH3 is 1. The number of nitrogens with one attached hydrogen (secondary N) is 2. The number of carbonyl (C=O) groups is 1. The van der Waals surface area contributed by atoms with Gasteiger partial charge < -0.3 is 10.1 Å². The Morgan fingerprint density at radius 2 is 2.35 bits per heavy atom. The molecular weight excluding hydrogens is 326 g/mol. The molecule has 0 aliphatic rings. The molecule has 106 valence electrons. The van der Waals surface area contributed by atoms with E-state index in [9.17, 15) is 4.79 Å². The smallest absolute Gasteiger partial charge is 0.226 e. The monoisotopic (exact) mass is 339 g/mol. The minimum Gasteiger partial charge on any atom is -0.381 e. The number of hydrogen-bond acceptors (Lipinski definition) is 5. The summed E-state index contributed by atoms with van der Waals surface area (Å²) < 4.78 is 5.92. The molecule has 7 nitrogen and oxygen atoms in total. The number of tetrazole rings is 1. The van der Waals surface area contributed by atoms with E-state index >= 15 is 0 Å². The molecule has 0 aliphatic heterocycles. The van der Waals surface area contributed by atoms with Crippen molar-refractivity contribution >= 4 is 27.5 Å². The standard InChI is InChI=1S/C12H14BrN5O2/c1-7(20-2)5-11(19)14-10-6-8(13)3-4-9(10)12-15-17-18-16-12/h3-4,6-7H,5H2,1-2H3,(H,14,19)(H,15,16,17,18). The summed E-state index contributed by atoms with van der Waals surface area (Å²) >= 11 is 3.37. The number of amides is 1. The molecule has 0 saturated carbocycles. The van der Waals surface area contributed by atoms with Gasteiger partial charge in [-0.3, -0.25) is 4.79 Å². The van der Waals surface area contributed by atoms with Gasteiger partial charge in [0.1, 0.15) is 0 Å². The van der Waals surface area contributed by atoms with Crippen molar-refractivity contribution < 1.29 is 9.53 Å². The highest BCUT2D eigenvalue weighted by Gasteiger charge is 2.14. The second kappa shape index (κ2) is 6.58. The number of nitrogens with zero attached hydrogens (tertiary/aromatic N) is 3. The molecule has 0 fully saturated rings. The summed E-state index contributed by atoms with van der Waals surface area (Å²) in [4.78, 5) is 11.9. The van der Waals surface area contributed by atoms with Crippen molar-refractivity contribution in [3.63, 3.8) is 0 Å². The fourth-order valence-electron chi connectivity index (χ4n) is 1.64. The highest BCUT2D eigenvalue weighted by Crippen LogP contribution is 2.28. The summed E-state index contributed by atoms with van der Waals surface area (Å²) in [6.07, 6.45) is 0.130. The fourth-order valence-corrected chi connectivity index (χ4v) is 2.00. The molecule has 2 rings (SSSR count). The van der Waals surface area contributed by atoms with Gasteiger partial charge in [0.25, 0.3) is 0 Å². The van der Waals surface area contributed by atoms with Gasteiger partial charge >= 0.3 is 0 Å². The quantitative estimate of drug-likeness (QED) is 0.868. The molecule has 0 radical (unpaired) electrons. The van der Waals surface area contributed by atoms with Crippen LogP contribution in [0.15, 0.2) is 22.7 Å². The Hall–Kier alpha value is -1.80. The number of ether oxygens (including phenoxy) is 1. The van der Waals surface area contributed by atoms with Crippen LogP contribution in [0.2, 0.25) is 0 Å². The van der Waals surface area contributed by atoms with Gasteiger partial charge in [-0.15, -0.1) is 10.2 Å². The van der Waals surface area contributed by atoms with E-state index in [4.69, 9.17) is 4.74 Å². The summed E-state index contributed by atoms with van der Waals surface area (Å²) in [5.41, 5.74) is 1.31. The molecule has 1 aromatic carbocycles. The summed E-state index contributed by atoms with van der Waals surface area (Å²) in [5, 5.41) is 16.6. The number of aromatic amines is 1. The van der Waals surface area contributed by atoms with E-state index in [2.05, 4.69) is 41.9 Å². The topological polar surface area (TPSA) is 92.8 Å². The third kappa shape index (κ3) is 3.61. The fraction of sp³-hybridized carbons (Fsp3) is 0.333. The summed E-state index contributed by atoms with van der Waals surface area (Å²) in [5.74, 6) is 0.287. The van der Waals surface area contributed by atoms with Gasteiger partial charge in [-0.05, 0) is 30.3 Å². The Bertz CT molecular complexity index is 588. The number of H-pyrrole nitrogens is 1. The van der Waals surface area contributed by atoms with Crippen molar-refractivity contribution in [1.82, 2.24) is 20.6 Å². The Balaban J connectivity index is 2.22. The summed E-state index contributed by atoms with van der Waals surface area (Å²) in [6, 6.07) is 5.45. The second-order valence-corrected chi connectivity index (χ2v) is 5.14. The van der Waals surface area contributed by atoms with Crippen molar-refractivity contribution in [3.05, 3.63) is 22.7 Å². The highest BCUT2D eigenvalue weighted by atomic mass is 79.9. The van der Waals surface area contributed by atoms with Gasteiger partial charge in [0.15, 0.2) is 0 Å². The lowest BCUT2D eigenvalue weighted by Gasteiger charge is -2.12. The number of hydrogen-bond donors (Lipinski definition) is 2. The molecule has 2 aromatic rings. The van der Waals surface area contributed by atoms with E-state index in [-0.39, 0.29) is 18.4 Å². The molecule has 1 atom stereocenters. The van der Waals surface area contributed by atoms with E-state index in [0.29, 0.717) is 17.1 Å². The minimum atomic E-state index is -0.143. The molecule has 0 spiro atoms. The number of benzene rings is 1. The maximum Gasteiger partial charge on any atom is 0.226 e. The zero-order valence-corrected chi connectivity index (χ0v) is 12.6. The molecule has 1 aromatic heterocycles. The van der Waals surface area contributed by atoms with Gasteiger partial charge in [-0.2, -0.15) is 5.21 Å². The largest absolute Gasteiger partial charge is 0.381 e. The first kappa shape index (κ1) is 14.6. The van der Waals surface area contributed by atoms with Crippen LogP contribution in [0.25, 0.3) is 11.4 Å². The van der Waals surface area contributed by atoms with Gasteiger partial charge in [-0.25, -0.2) is 0 Å². The van der Waals surface area contributed by atoms with E-state index in [1.54, 1.807) is 13.2 Å². The first-order chi connectivity index (χ1) is 9.60. The normalized spacial score (nSPS) is 12.2. The summed E-state index contributed by atoms with van der Waals surface area (Å²) in [7, 11) is 1.57. The van der Waals surface area contributed by atoms with Gasteiger partial charge in [0, 0.05) is 17.1 Å². The molecule has 0 saturated heterocycles. The Kier molecular flexibility index (Phi) is 4.80. The first-order valence-electron chi connectivity index (χ1n) is 5.96. The maximum absolute atomic E-state index is 11.9. The number of anilines is 1. The van der Waals surface area contributed by atoms with Crippen molar-refractivity contribution in [2.75, 3.05) is 12.4 Å². The molecule has 2 N–H and O–H groups in total. The van der Waals surface area contributed by atoms with Crippen molar-refractivity contribution in [3.8, 4) is 11.4 Å². The Labute approximate surface area is 124 Å². The number of halogens is 1. The molecule has 0 bridgehead atoms. The molecule has 1 amide bonds. The van der Waals surface area contributed by atoms with Crippen LogP contribution in [-0.2, 0) is 9.53 Å². The third-order valence-corrected chi connectivity index (χ3v) is 3.21. The molecular formula is C12H14BrN5O2. The lowest BCUT2D eigenvalue weighted by atomic mass is 10.1. The lowest BCUT2D eigenvalue weighted by molar-refractivity contribution is -0.118. The van der Waals surface area contributed by atoms with Crippen LogP contribution in [0.1, 0.15) is 13.3 Å². The van der Waals surface area contributed by atoms with E-state index in [0.717, 1.165) is 4.47 Å². The van der Waals surface area contributed by atoms with Gasteiger partial charge in [0.2, 0.25) is 11.7 Å². The van der Waals surface area contributed by atoms with Crippen LogP contribution in [-0.4, -0.2) is 39.7 Å². The predicted molar refractivity (Wildman–Crippen MR) is 77.0 cm³/mol. The molecule has 20 heavy (non-hydrogen) atoms. The van der Waals surface area contributed by atoms with E-state index < -0.39 is 0 Å². The average molecular weight is 340 g/mol. The van der Waals surface area contributed by atoms with E-state index in [1.807, 2.05) is 19.1 Å². The SMILES string of the molecule is COC(C)CC(=O)Nc1cc(Br)ccc1-c1nn[nH]n1. The number of aromatic nitrogens is 4. The third-order valence-electron chi connectivity index (χ3n) is 2.72. The molecule has 8 heteroatoms. The lowest BCUT2D eigenvalue weighted by Crippen LogP contribution is -2.19. The van der Waals surface area contributed by atoms with Crippen molar-refractivity contribution in [1.29, 1.82) is 0 Å². The first-order valence-corrected chi connectivity index (χ1v) is 6.75. The number of carbonyl (C=O) groups excluding carboxylic acids is 1. The molecule has 1 unspecified atom stereocenters. The highest BCUT2D eigenvalue weighted by molar-refractivity contribution is 9.10. The van der Waals surface area contributed by atoms with E-state index in [1.165, 1.54) is 0 Å². The zero-order chi connectivity index (χ0) is 14.5. The minimum absolute atomic E-state index is 0.137. The maximum atomic E-state index is 11.9. The van der Waals surface area contributed by atoms with Crippen LogP contribution < -0.4 is 5.32 Å². The van der Waals surface area contributed by atoms with Crippen LogP contribution in [0.3, 0.4) is 0 Å². The Morgan fingerprint density at radius 3 is 3.00 bits per heavy atom. The average Bonchev–Trinajstić information content (AvgIpc) is 2.92. The van der Waals surface area contributed by atoms with Crippen LogP contribution in [0.4, 0.5) is 5.69 Å². The summed E-state index contributed by atoms with van der Waals surface area (Å²) in [6.45, 7) is 1.83.